The van der Waals surface area contributed by atoms with Crippen molar-refractivity contribution in [2.75, 3.05) is 19.6 Å². The van der Waals surface area contributed by atoms with Crippen LogP contribution < -0.4 is 5.32 Å². The molecule has 4 fully saturated rings. The van der Waals surface area contributed by atoms with Gasteiger partial charge < -0.3 is 10.2 Å². The van der Waals surface area contributed by atoms with Crippen LogP contribution in [0.1, 0.15) is 37.7 Å². The van der Waals surface area contributed by atoms with Gasteiger partial charge in [0.25, 0.3) is 0 Å². The molecule has 1 spiro atoms. The molecule has 32 heavy (non-hydrogen) atoms. The van der Waals surface area contributed by atoms with Crippen LogP contribution in [-0.2, 0) is 6.54 Å². The third kappa shape index (κ3) is 3.19. The summed E-state index contributed by atoms with van der Waals surface area (Å²) in [7, 11) is 0. The number of piperidine rings is 1. The summed E-state index contributed by atoms with van der Waals surface area (Å²) in [5.74, 6) is 3.15. The van der Waals surface area contributed by atoms with Crippen molar-refractivity contribution in [3.8, 4) is 0 Å². The maximum Gasteiger partial charge on any atom is 0.0513 e. The summed E-state index contributed by atoms with van der Waals surface area (Å²) in [6, 6.07) is 5.06. The fraction of sp³-hybridized carbons (Fsp3) is 0.556. The summed E-state index contributed by atoms with van der Waals surface area (Å²) in [6.07, 6.45) is 17.9. The molecule has 3 heterocycles. The first-order valence-electron chi connectivity index (χ1n) is 12.4. The highest BCUT2D eigenvalue weighted by atomic mass is 79.9. The van der Waals surface area contributed by atoms with E-state index in [4.69, 9.17) is 0 Å². The van der Waals surface area contributed by atoms with Crippen LogP contribution in [0.25, 0.3) is 0 Å². The van der Waals surface area contributed by atoms with E-state index < -0.39 is 0 Å². The molecule has 3 saturated carbocycles. The van der Waals surface area contributed by atoms with Crippen molar-refractivity contribution in [2.24, 2.45) is 34.1 Å². The van der Waals surface area contributed by atoms with E-state index in [0.29, 0.717) is 11.8 Å². The van der Waals surface area contributed by atoms with E-state index in [9.17, 15) is 0 Å². The van der Waals surface area contributed by atoms with E-state index in [0.717, 1.165) is 40.9 Å². The summed E-state index contributed by atoms with van der Waals surface area (Å²) in [6.45, 7) is 4.19. The molecule has 2 aliphatic heterocycles. The van der Waals surface area contributed by atoms with Crippen LogP contribution in [0.15, 0.2) is 63.0 Å². The van der Waals surface area contributed by atoms with E-state index in [1.807, 2.05) is 24.7 Å². The number of rotatable bonds is 5. The lowest BCUT2D eigenvalue weighted by Gasteiger charge is -2.39. The van der Waals surface area contributed by atoms with Crippen molar-refractivity contribution in [3.05, 3.63) is 63.6 Å². The molecule has 0 radical (unpaired) electrons. The molecule has 0 bridgehead atoms. The predicted octanol–water partition coefficient (Wildman–Crippen LogP) is 4.86. The van der Waals surface area contributed by atoms with Gasteiger partial charge >= 0.3 is 0 Å². The summed E-state index contributed by atoms with van der Waals surface area (Å²) < 4.78 is 1.14. The number of nitrogens with one attached hydrogen (secondary N) is 1. The quantitative estimate of drug-likeness (QED) is 0.640. The first-order chi connectivity index (χ1) is 15.7. The van der Waals surface area contributed by atoms with Gasteiger partial charge in [0.15, 0.2) is 0 Å². The predicted molar refractivity (Wildman–Crippen MR) is 131 cm³/mol. The van der Waals surface area contributed by atoms with E-state index in [1.165, 1.54) is 54.8 Å². The number of halogens is 1. The fourth-order valence-corrected chi connectivity index (χ4v) is 7.88. The Hall–Kier alpha value is -1.72. The van der Waals surface area contributed by atoms with Crippen molar-refractivity contribution in [2.45, 2.75) is 44.7 Å². The normalized spacial score (nSPS) is 37.9. The summed E-state index contributed by atoms with van der Waals surface area (Å²) in [5.41, 5.74) is 6.29. The van der Waals surface area contributed by atoms with Crippen LogP contribution in [0.5, 0.6) is 0 Å². The average molecular weight is 491 g/mol. The molecule has 0 aromatic carbocycles. The number of dihydropyridines is 1. The summed E-state index contributed by atoms with van der Waals surface area (Å²) in [5, 5.41) is 3.74. The highest BCUT2D eigenvalue weighted by Crippen LogP contribution is 2.82. The standard InChI is InChI=1S/C27H31BrN4/c28-24-16-30-15-22-21(24)8-19(9-25(22)31-14-17-2-1-5-29-13-17)18-3-6-32(7-4-18)26-10-20-11-27(20)12-23(26)27/h1-2,5,8-9,13,16,18,20,22-23,26,31H,3-4,6-7,10-12,14-15H2/t20-,22?,23-,26?,27?/m1/s1. The second-order valence-corrected chi connectivity index (χ2v) is 11.7. The lowest BCUT2D eigenvalue weighted by Crippen LogP contribution is -2.42. The van der Waals surface area contributed by atoms with Gasteiger partial charge in [0, 0.05) is 47.3 Å². The Labute approximate surface area is 199 Å². The van der Waals surface area contributed by atoms with Crippen molar-refractivity contribution in [3.63, 3.8) is 0 Å². The number of fused-ring (bicyclic) bond motifs is 1. The largest absolute Gasteiger partial charge is 0.384 e. The third-order valence-electron chi connectivity index (χ3n) is 9.30. The molecule has 0 amide bonds. The van der Waals surface area contributed by atoms with Crippen LogP contribution in [-0.4, -0.2) is 41.8 Å². The minimum atomic E-state index is 0.325. The topological polar surface area (TPSA) is 40.5 Å². The maximum atomic E-state index is 4.60. The Morgan fingerprint density at radius 3 is 2.84 bits per heavy atom. The van der Waals surface area contributed by atoms with Gasteiger partial charge in [0.1, 0.15) is 0 Å². The molecule has 5 atom stereocenters. The molecule has 4 nitrogen and oxygen atoms in total. The number of likely N-dealkylation sites (tertiary alicyclic amines) is 1. The number of aliphatic imine (C=N–C) groups is 1. The van der Waals surface area contributed by atoms with E-state index >= 15 is 0 Å². The number of pyridine rings is 1. The highest BCUT2D eigenvalue weighted by molar-refractivity contribution is 9.12. The fourth-order valence-electron chi connectivity index (χ4n) is 7.35. The summed E-state index contributed by atoms with van der Waals surface area (Å²) >= 11 is 3.79. The molecule has 4 aliphatic carbocycles. The van der Waals surface area contributed by atoms with E-state index in [-0.39, 0.29) is 0 Å². The Bertz CT molecular complexity index is 1050. The van der Waals surface area contributed by atoms with E-state index in [2.05, 4.69) is 54.3 Å². The molecule has 3 unspecified atom stereocenters. The molecule has 7 rings (SSSR count). The molecule has 6 aliphatic rings. The molecule has 1 aromatic rings. The first kappa shape index (κ1) is 19.7. The maximum absolute atomic E-state index is 4.60. The number of allylic oxidation sites excluding steroid dienone is 4. The monoisotopic (exact) mass is 490 g/mol. The molecule has 1 N–H and O–H groups in total. The lowest BCUT2D eigenvalue weighted by molar-refractivity contribution is 0.125. The number of hydrogen-bond donors (Lipinski definition) is 1. The number of hydrogen-bond acceptors (Lipinski definition) is 4. The Morgan fingerprint density at radius 1 is 1.19 bits per heavy atom. The average Bonchev–Trinajstić information content (AvgIpc) is 3.73. The Kier molecular flexibility index (Phi) is 4.56. The molecule has 166 valence electrons. The van der Waals surface area contributed by atoms with Crippen molar-refractivity contribution in [1.82, 2.24) is 15.2 Å². The van der Waals surface area contributed by atoms with Gasteiger partial charge in [-0.3, -0.25) is 9.98 Å². The van der Waals surface area contributed by atoms with Gasteiger partial charge in [-0.1, -0.05) is 12.1 Å². The van der Waals surface area contributed by atoms with Gasteiger partial charge in [0.05, 0.1) is 6.54 Å². The molecular formula is C27H31BrN4. The molecule has 1 aromatic heterocycles. The van der Waals surface area contributed by atoms with E-state index in [1.54, 1.807) is 12.8 Å². The van der Waals surface area contributed by atoms with Crippen LogP contribution in [0, 0.1) is 29.1 Å². The second-order valence-electron chi connectivity index (χ2n) is 10.9. The van der Waals surface area contributed by atoms with Crippen molar-refractivity contribution >= 4 is 22.1 Å². The van der Waals surface area contributed by atoms with Crippen molar-refractivity contribution in [1.29, 1.82) is 0 Å². The van der Waals surface area contributed by atoms with Gasteiger partial charge in [-0.2, -0.15) is 0 Å². The minimum Gasteiger partial charge on any atom is -0.384 e. The van der Waals surface area contributed by atoms with Gasteiger partial charge in [0.2, 0.25) is 0 Å². The first-order valence-corrected chi connectivity index (χ1v) is 13.2. The summed E-state index contributed by atoms with van der Waals surface area (Å²) in [4.78, 5) is 11.7. The molecule has 5 heteroatoms. The molecule has 1 saturated heterocycles. The number of nitrogens with zero attached hydrogens (tertiary/aromatic N) is 3. The van der Waals surface area contributed by atoms with Crippen LogP contribution in [0.3, 0.4) is 0 Å². The number of aromatic nitrogens is 1. The van der Waals surface area contributed by atoms with Gasteiger partial charge in [-0.05, 0) is 113 Å². The minimum absolute atomic E-state index is 0.325. The van der Waals surface area contributed by atoms with Gasteiger partial charge in [-0.25, -0.2) is 0 Å². The third-order valence-corrected chi connectivity index (χ3v) is 9.96. The van der Waals surface area contributed by atoms with Crippen LogP contribution in [0.2, 0.25) is 0 Å². The zero-order valence-corrected chi connectivity index (χ0v) is 20.1. The van der Waals surface area contributed by atoms with Crippen molar-refractivity contribution < 1.29 is 0 Å². The SMILES string of the molecule is BrC1=C2C=C(C3CCN(C4C[C@@H]5CC56C[C@H]46)CC3)C=C(NCc3cccnc3)C2CN=C1. The molecular weight excluding hydrogens is 460 g/mol. The zero-order valence-electron chi connectivity index (χ0n) is 18.5. The Morgan fingerprint density at radius 2 is 2.09 bits per heavy atom. The smallest absolute Gasteiger partial charge is 0.0513 e. The zero-order chi connectivity index (χ0) is 21.3. The van der Waals surface area contributed by atoms with Crippen LogP contribution in [0.4, 0.5) is 0 Å². The van der Waals surface area contributed by atoms with Crippen LogP contribution >= 0.6 is 15.9 Å². The van der Waals surface area contributed by atoms with Gasteiger partial charge in [-0.15, -0.1) is 0 Å². The second kappa shape index (κ2) is 7.39. The highest BCUT2D eigenvalue weighted by Gasteiger charge is 2.77. The lowest BCUT2D eigenvalue weighted by atomic mass is 9.79. The Balaban J connectivity index is 1.08.